The van der Waals surface area contributed by atoms with Gasteiger partial charge in [0.25, 0.3) is 10.0 Å². The predicted octanol–water partition coefficient (Wildman–Crippen LogP) is 0.283. The van der Waals surface area contributed by atoms with Crippen molar-refractivity contribution in [2.45, 2.75) is 35.9 Å². The fraction of sp³-hybridized carbons (Fsp3) is 0.238. The highest BCUT2D eigenvalue weighted by atomic mass is 35.5. The number of thiocarbonyl (C=S) groups is 1. The molecule has 0 aliphatic heterocycles. The number of aromatic nitrogens is 2. The number of benzene rings is 2. The van der Waals surface area contributed by atoms with Gasteiger partial charge in [-0.2, -0.15) is 0 Å². The molecule has 2 aromatic carbocycles. The number of primary sulfonamides is 1. The van der Waals surface area contributed by atoms with Crippen LogP contribution in [0.1, 0.15) is 11.4 Å². The van der Waals surface area contributed by atoms with E-state index in [1.165, 1.54) is 41.0 Å². The smallest absolute Gasteiger partial charge is 0.342 e. The first-order valence-corrected chi connectivity index (χ1v) is 14.9. The molecule has 15 nitrogen and oxygen atoms in total. The zero-order valence-electron chi connectivity index (χ0n) is 21.0. The third kappa shape index (κ3) is 11.4. The molecule has 1 aromatic heterocycles. The maximum Gasteiger partial charge on any atom is 0.342 e. The fourth-order valence-electron chi connectivity index (χ4n) is 2.74. The van der Waals surface area contributed by atoms with Crippen LogP contribution in [-0.4, -0.2) is 53.5 Å². The highest BCUT2D eigenvalue weighted by Gasteiger charge is 2.19. The van der Waals surface area contributed by atoms with Crippen molar-refractivity contribution >= 4 is 60.5 Å². The Balaban J connectivity index is 0.000000301. The van der Waals surface area contributed by atoms with Crippen molar-refractivity contribution in [2.24, 2.45) is 16.6 Å². The van der Waals surface area contributed by atoms with E-state index in [1.54, 1.807) is 19.1 Å². The maximum atomic E-state index is 11.4. The van der Waals surface area contributed by atoms with Gasteiger partial charge in [-0.25, -0.2) is 31.5 Å². The summed E-state index contributed by atoms with van der Waals surface area (Å²) in [6, 6.07) is 11.9. The number of nitro groups is 1. The molecule has 0 saturated carbocycles. The number of hydrogen-bond donors (Lipinski definition) is 6. The molecule has 40 heavy (non-hydrogen) atoms. The number of nitrogen functional groups attached to an aromatic ring is 1. The summed E-state index contributed by atoms with van der Waals surface area (Å²) >= 11 is 9.83. The second-order valence-electron chi connectivity index (χ2n) is 7.77. The predicted molar refractivity (Wildman–Crippen MR) is 154 cm³/mol. The number of nitrogens with two attached hydrogens (primary N) is 4. The minimum Gasteiger partial charge on any atom is -0.399 e. The second-order valence-corrected chi connectivity index (χ2v) is 11.8. The lowest BCUT2D eigenvalue weighted by atomic mass is 10.2. The molecule has 1 heterocycles. The molecular formula is C21H29ClN8O7S3. The van der Waals surface area contributed by atoms with Crippen LogP contribution in [0, 0.1) is 17.0 Å². The summed E-state index contributed by atoms with van der Waals surface area (Å²) in [6.45, 7) is 2.12. The van der Waals surface area contributed by atoms with E-state index in [2.05, 4.69) is 17.2 Å². The average Bonchev–Trinajstić information content (AvgIpc) is 3.24. The Morgan fingerprint density at radius 2 is 1.68 bits per heavy atom. The lowest BCUT2D eigenvalue weighted by Gasteiger charge is -2.06. The minimum atomic E-state index is -3.65. The lowest BCUT2D eigenvalue weighted by Crippen LogP contribution is -2.34. The van der Waals surface area contributed by atoms with E-state index in [-0.39, 0.29) is 33.1 Å². The first-order valence-electron chi connectivity index (χ1n) is 10.9. The average molecular weight is 637 g/mol. The summed E-state index contributed by atoms with van der Waals surface area (Å²) in [4.78, 5) is 14.0. The molecule has 1 unspecified atom stereocenters. The first kappa shape index (κ1) is 34.6. The number of aliphatic hydroxyl groups is 1. The monoisotopic (exact) mass is 636 g/mol. The molecule has 10 N–H and O–H groups in total. The molecule has 0 amide bonds. The Labute approximate surface area is 241 Å². The van der Waals surface area contributed by atoms with Gasteiger partial charge in [-0.1, -0.05) is 12.1 Å². The van der Waals surface area contributed by atoms with Crippen molar-refractivity contribution in [3.63, 3.8) is 0 Å². The van der Waals surface area contributed by atoms with Crippen LogP contribution in [-0.2, 0) is 33.1 Å². The van der Waals surface area contributed by atoms with Crippen LogP contribution in [0.15, 0.2) is 64.5 Å². The Bertz CT molecular complexity index is 1500. The number of rotatable bonds is 8. The van der Waals surface area contributed by atoms with Gasteiger partial charge in [0.2, 0.25) is 10.0 Å². The molecule has 19 heteroatoms. The molecule has 0 saturated heterocycles. The summed E-state index contributed by atoms with van der Waals surface area (Å²) < 4.78 is 47.7. The quantitative estimate of drug-likeness (QED) is 0.0640. The summed E-state index contributed by atoms with van der Waals surface area (Å²) in [5, 5.41) is 24.4. The summed E-state index contributed by atoms with van der Waals surface area (Å²) in [5.41, 5.74) is 17.2. The van der Waals surface area contributed by atoms with Gasteiger partial charge in [0.1, 0.15) is 18.8 Å². The Kier molecular flexibility index (Phi) is 13.3. The Morgan fingerprint density at radius 1 is 1.15 bits per heavy atom. The van der Waals surface area contributed by atoms with E-state index in [1.807, 2.05) is 4.72 Å². The molecule has 0 bridgehead atoms. The molecular weight excluding hydrogens is 608 g/mol. The maximum absolute atomic E-state index is 11.4. The molecule has 1 atom stereocenters. The largest absolute Gasteiger partial charge is 0.399 e. The number of alkyl halides is 1. The van der Waals surface area contributed by atoms with Gasteiger partial charge in [-0.3, -0.25) is 4.72 Å². The van der Waals surface area contributed by atoms with E-state index >= 15 is 0 Å². The number of halogens is 1. The van der Waals surface area contributed by atoms with Crippen LogP contribution in [0.4, 0.5) is 11.5 Å². The number of sulfonamides is 2. The molecule has 0 spiro atoms. The van der Waals surface area contributed by atoms with Crippen LogP contribution < -0.4 is 27.1 Å². The number of hydrogen-bond acceptors (Lipinski definition) is 11. The first-order chi connectivity index (χ1) is 18.5. The van der Waals surface area contributed by atoms with Crippen molar-refractivity contribution < 1.29 is 26.9 Å². The van der Waals surface area contributed by atoms with Crippen LogP contribution in [0.5, 0.6) is 0 Å². The third-order valence-corrected chi connectivity index (χ3v) is 7.60. The lowest BCUT2D eigenvalue weighted by molar-refractivity contribution is -0.392. The molecule has 0 aliphatic carbocycles. The van der Waals surface area contributed by atoms with Crippen LogP contribution in [0.25, 0.3) is 0 Å². The standard InChI is InChI=1S/C7H10ClN3O3.C7H9N3O2S2.C7H10N2O2S/c1-5-9-3-7(11(13)14)10(5)4-6(12)2-8;8-5-1-3-6(4-2-5)14(11,12)10-7(9)13;8-5-6-1-3-7(4-2-6)12(9,10)11/h3,6,12H,2,4H2,1H3;1-4H,8H2,(H3,9,10,13);1-4H,5,8H2,(H2,9,10,11). The number of nitrogens with one attached hydrogen (secondary N) is 1. The van der Waals surface area contributed by atoms with Crippen molar-refractivity contribution in [1.29, 1.82) is 0 Å². The van der Waals surface area contributed by atoms with Crippen LogP contribution in [0.2, 0.25) is 0 Å². The second kappa shape index (κ2) is 15.4. The topological polar surface area (TPSA) is 266 Å². The summed E-state index contributed by atoms with van der Waals surface area (Å²) in [7, 11) is -7.22. The molecule has 3 aromatic rings. The number of aliphatic hydroxyl groups excluding tert-OH is 1. The fourth-order valence-corrected chi connectivity index (χ4v) is 4.56. The molecule has 220 valence electrons. The highest BCUT2D eigenvalue weighted by molar-refractivity contribution is 7.91. The van der Waals surface area contributed by atoms with Crippen molar-refractivity contribution in [3.05, 3.63) is 76.2 Å². The Hall–Kier alpha value is -3.39. The third-order valence-electron chi connectivity index (χ3n) is 4.71. The zero-order chi connectivity index (χ0) is 30.7. The minimum absolute atomic E-state index is 0.0365. The van der Waals surface area contributed by atoms with Gasteiger partial charge in [0, 0.05) is 19.2 Å². The Morgan fingerprint density at radius 3 is 2.10 bits per heavy atom. The van der Waals surface area contributed by atoms with Crippen molar-refractivity contribution in [3.8, 4) is 0 Å². The van der Waals surface area contributed by atoms with Crippen LogP contribution >= 0.6 is 23.8 Å². The summed E-state index contributed by atoms with van der Waals surface area (Å²) in [5.74, 6) is 0.391. The summed E-state index contributed by atoms with van der Waals surface area (Å²) in [6.07, 6.45) is 0.360. The van der Waals surface area contributed by atoms with Crippen molar-refractivity contribution in [1.82, 2.24) is 14.3 Å². The highest BCUT2D eigenvalue weighted by Crippen LogP contribution is 2.14. The van der Waals surface area contributed by atoms with Gasteiger partial charge >= 0.3 is 5.82 Å². The van der Waals surface area contributed by atoms with E-state index in [4.69, 9.17) is 33.9 Å². The van der Waals surface area contributed by atoms with Gasteiger partial charge in [-0.05, 0) is 59.1 Å². The van der Waals surface area contributed by atoms with Gasteiger partial charge in [0.15, 0.2) is 10.9 Å². The normalized spacial score (nSPS) is 11.7. The van der Waals surface area contributed by atoms with Gasteiger partial charge in [-0.15, -0.1) is 11.6 Å². The van der Waals surface area contributed by atoms with E-state index in [0.29, 0.717) is 18.1 Å². The molecule has 0 radical (unpaired) electrons. The number of anilines is 1. The SMILES string of the molecule is Cc1ncc([N+](=O)[O-])n1CC(O)CCl.NC(=S)NS(=O)(=O)c1ccc(N)cc1.NCc1ccc(S(N)(=O)=O)cc1. The number of nitrogens with zero attached hydrogens (tertiary/aromatic N) is 3. The van der Waals surface area contributed by atoms with Crippen molar-refractivity contribution in [2.75, 3.05) is 11.6 Å². The number of imidazole rings is 1. The molecule has 0 aliphatic rings. The molecule has 3 rings (SSSR count). The zero-order valence-corrected chi connectivity index (χ0v) is 24.3. The van der Waals surface area contributed by atoms with Gasteiger partial charge in [0.05, 0.1) is 15.7 Å². The van der Waals surface area contributed by atoms with Gasteiger partial charge < -0.3 is 32.4 Å². The van der Waals surface area contributed by atoms with E-state index in [9.17, 15) is 32.1 Å². The number of aryl methyl sites for hydroxylation is 1. The molecule has 0 fully saturated rings. The van der Waals surface area contributed by atoms with Crippen LogP contribution in [0.3, 0.4) is 0 Å². The van der Waals surface area contributed by atoms with E-state index < -0.39 is 31.1 Å². The van der Waals surface area contributed by atoms with E-state index in [0.717, 1.165) is 11.8 Å².